The van der Waals surface area contributed by atoms with Crippen LogP contribution in [-0.2, 0) is 14.3 Å². The predicted octanol–water partition coefficient (Wildman–Crippen LogP) is 6.65. The summed E-state index contributed by atoms with van der Waals surface area (Å²) in [4.78, 5) is 45.3. The van der Waals surface area contributed by atoms with Gasteiger partial charge in [0.2, 0.25) is 5.91 Å². The van der Waals surface area contributed by atoms with Gasteiger partial charge in [-0.05, 0) is 56.4 Å². The second-order valence-corrected chi connectivity index (χ2v) is 11.6. The number of anilines is 2. The first-order valence-corrected chi connectivity index (χ1v) is 14.7. The molecule has 1 fully saturated rings. The zero-order valence-corrected chi connectivity index (χ0v) is 24.3. The summed E-state index contributed by atoms with van der Waals surface area (Å²) in [5.41, 5.74) is 3.49. The van der Waals surface area contributed by atoms with Crippen LogP contribution in [0.25, 0.3) is 10.4 Å². The molecule has 41 heavy (non-hydrogen) atoms. The minimum atomic E-state index is -4.28. The molecule has 0 aliphatic heterocycles. The SMILES string of the molecule is COCC(C)N(c1cc(-c2ccc(NC(=O)c3cscn3)cc2)sc1C(=O)OC)C(=O)[C@H]1CC[C@H](C(F)(F)F)CC1. The van der Waals surface area contributed by atoms with Crippen molar-refractivity contribution in [3.8, 4) is 10.4 Å². The van der Waals surface area contributed by atoms with E-state index in [2.05, 4.69) is 10.3 Å². The van der Waals surface area contributed by atoms with E-state index in [4.69, 9.17) is 9.47 Å². The molecule has 2 amide bonds. The maximum Gasteiger partial charge on any atom is 0.391 e. The molecular formula is C28H30F3N3O5S2. The highest BCUT2D eigenvalue weighted by Crippen LogP contribution is 2.43. The molecule has 220 valence electrons. The van der Waals surface area contributed by atoms with Crippen molar-refractivity contribution in [1.82, 2.24) is 4.98 Å². The van der Waals surface area contributed by atoms with Gasteiger partial charge < -0.3 is 19.7 Å². The Bertz CT molecular complexity index is 1350. The van der Waals surface area contributed by atoms with Gasteiger partial charge in [-0.15, -0.1) is 22.7 Å². The van der Waals surface area contributed by atoms with Crippen molar-refractivity contribution in [3.63, 3.8) is 0 Å². The van der Waals surface area contributed by atoms with Crippen LogP contribution in [0, 0.1) is 11.8 Å². The largest absolute Gasteiger partial charge is 0.465 e. The number of methoxy groups -OCH3 is 2. The maximum atomic E-state index is 13.8. The van der Waals surface area contributed by atoms with Crippen molar-refractivity contribution in [3.05, 3.63) is 51.8 Å². The van der Waals surface area contributed by atoms with E-state index in [0.717, 1.165) is 16.9 Å². The highest BCUT2D eigenvalue weighted by atomic mass is 32.1. The number of alkyl halides is 3. The van der Waals surface area contributed by atoms with Gasteiger partial charge in [0.25, 0.3) is 5.91 Å². The van der Waals surface area contributed by atoms with Crippen molar-refractivity contribution in [2.75, 3.05) is 31.0 Å². The molecule has 0 spiro atoms. The number of esters is 1. The van der Waals surface area contributed by atoms with Gasteiger partial charge in [-0.3, -0.25) is 9.59 Å². The lowest BCUT2D eigenvalue weighted by atomic mass is 9.81. The Balaban J connectivity index is 1.62. The fourth-order valence-corrected chi connectivity index (χ4v) is 6.54. The molecule has 0 radical (unpaired) electrons. The Morgan fingerprint density at radius 3 is 2.37 bits per heavy atom. The summed E-state index contributed by atoms with van der Waals surface area (Å²) in [6, 6.07) is 8.19. The van der Waals surface area contributed by atoms with E-state index in [9.17, 15) is 27.6 Å². The van der Waals surface area contributed by atoms with Crippen molar-refractivity contribution in [1.29, 1.82) is 0 Å². The van der Waals surface area contributed by atoms with E-state index >= 15 is 0 Å². The summed E-state index contributed by atoms with van der Waals surface area (Å²) in [5.74, 6) is -3.33. The quantitative estimate of drug-likeness (QED) is 0.273. The topological polar surface area (TPSA) is 97.8 Å². The molecule has 1 aliphatic carbocycles. The lowest BCUT2D eigenvalue weighted by Gasteiger charge is -2.35. The summed E-state index contributed by atoms with van der Waals surface area (Å²) in [6.07, 6.45) is -4.29. The lowest BCUT2D eigenvalue weighted by molar-refractivity contribution is -0.184. The molecule has 1 saturated carbocycles. The van der Waals surface area contributed by atoms with E-state index in [0.29, 0.717) is 21.9 Å². The van der Waals surface area contributed by atoms with Gasteiger partial charge in [0.05, 0.1) is 36.9 Å². The number of halogens is 3. The number of nitrogens with zero attached hydrogens (tertiary/aromatic N) is 2. The van der Waals surface area contributed by atoms with Crippen LogP contribution in [0.5, 0.6) is 0 Å². The van der Waals surface area contributed by atoms with Crippen LogP contribution in [-0.4, -0.2) is 55.8 Å². The van der Waals surface area contributed by atoms with Crippen LogP contribution in [0.4, 0.5) is 24.5 Å². The third-order valence-corrected chi connectivity index (χ3v) is 8.80. The third-order valence-electron chi connectivity index (χ3n) is 7.06. The molecule has 0 bridgehead atoms. The molecule has 1 atom stereocenters. The number of carbonyl (C=O) groups is 3. The molecule has 1 N–H and O–H groups in total. The van der Waals surface area contributed by atoms with Crippen LogP contribution in [0.3, 0.4) is 0 Å². The normalized spacial score (nSPS) is 18.0. The number of thiophene rings is 1. The number of hydrogen-bond donors (Lipinski definition) is 1. The second-order valence-electron chi connectivity index (χ2n) is 9.82. The molecule has 2 aromatic heterocycles. The molecule has 1 aromatic carbocycles. The van der Waals surface area contributed by atoms with Gasteiger partial charge >= 0.3 is 12.1 Å². The number of carbonyl (C=O) groups excluding carboxylic acids is 3. The minimum absolute atomic E-state index is 0.109. The number of ether oxygens (including phenoxy) is 2. The smallest absolute Gasteiger partial charge is 0.391 e. The number of amides is 2. The van der Waals surface area contributed by atoms with Crippen LogP contribution in [0.2, 0.25) is 0 Å². The Kier molecular flexibility index (Phi) is 9.82. The standard InChI is InChI=1S/C28H30F3N3O5S2/c1-16(13-38-2)34(26(36)18-4-8-19(9-5-18)28(29,30)31)22-12-23(41-24(22)27(37)39-3)17-6-10-20(11-7-17)33-25(35)21-14-40-15-32-21/h6-7,10-12,14-16,18-19H,4-5,8-9,13H2,1-3H3,(H,33,35)/t16?,18-,19-. The van der Waals surface area contributed by atoms with Crippen molar-refractivity contribution in [2.24, 2.45) is 11.8 Å². The number of rotatable bonds is 9. The van der Waals surface area contributed by atoms with Gasteiger partial charge in [0.1, 0.15) is 10.6 Å². The monoisotopic (exact) mass is 609 g/mol. The second kappa shape index (κ2) is 13.1. The Morgan fingerprint density at radius 1 is 1.12 bits per heavy atom. The van der Waals surface area contributed by atoms with Gasteiger partial charge in [-0.25, -0.2) is 9.78 Å². The molecule has 2 heterocycles. The molecule has 1 unspecified atom stereocenters. The van der Waals surface area contributed by atoms with Gasteiger partial charge in [-0.2, -0.15) is 13.2 Å². The van der Waals surface area contributed by atoms with Gasteiger partial charge in [-0.1, -0.05) is 12.1 Å². The zero-order valence-electron chi connectivity index (χ0n) is 22.7. The highest BCUT2D eigenvalue weighted by Gasteiger charge is 2.44. The fourth-order valence-electron chi connectivity index (χ4n) is 4.93. The summed E-state index contributed by atoms with van der Waals surface area (Å²) >= 11 is 2.46. The predicted molar refractivity (Wildman–Crippen MR) is 151 cm³/mol. The molecule has 4 rings (SSSR count). The van der Waals surface area contributed by atoms with Crippen LogP contribution < -0.4 is 10.2 Å². The average molecular weight is 610 g/mol. The van der Waals surface area contributed by atoms with Gasteiger partial charge in [0.15, 0.2) is 0 Å². The molecule has 13 heteroatoms. The Morgan fingerprint density at radius 2 is 1.80 bits per heavy atom. The van der Waals surface area contributed by atoms with Crippen molar-refractivity contribution < 1.29 is 37.0 Å². The molecule has 0 saturated heterocycles. The first-order valence-electron chi connectivity index (χ1n) is 12.9. The average Bonchev–Trinajstić information content (AvgIpc) is 3.64. The third kappa shape index (κ3) is 7.14. The van der Waals surface area contributed by atoms with E-state index in [1.165, 1.54) is 30.5 Å². The summed E-state index contributed by atoms with van der Waals surface area (Å²) in [5, 5.41) is 4.42. The molecule has 3 aromatic rings. The van der Waals surface area contributed by atoms with E-state index < -0.39 is 30.0 Å². The lowest BCUT2D eigenvalue weighted by Crippen LogP contribution is -2.46. The molecule has 8 nitrogen and oxygen atoms in total. The summed E-state index contributed by atoms with van der Waals surface area (Å²) in [7, 11) is 2.73. The minimum Gasteiger partial charge on any atom is -0.465 e. The Labute approximate surface area is 243 Å². The first kappa shape index (κ1) is 30.7. The number of aromatic nitrogens is 1. The zero-order chi connectivity index (χ0) is 29.7. The van der Waals surface area contributed by atoms with E-state index in [-0.39, 0.29) is 49.0 Å². The van der Waals surface area contributed by atoms with E-state index in [1.54, 1.807) is 48.1 Å². The maximum absolute atomic E-state index is 13.8. The number of benzene rings is 1. The molecular weight excluding hydrogens is 579 g/mol. The number of hydrogen-bond acceptors (Lipinski definition) is 8. The van der Waals surface area contributed by atoms with Crippen molar-refractivity contribution >= 4 is 51.8 Å². The first-order chi connectivity index (χ1) is 19.5. The number of thiazole rings is 1. The Hall–Kier alpha value is -3.29. The highest BCUT2D eigenvalue weighted by molar-refractivity contribution is 7.18. The van der Waals surface area contributed by atoms with Crippen LogP contribution in [0.15, 0.2) is 41.2 Å². The summed E-state index contributed by atoms with van der Waals surface area (Å²) in [6.45, 7) is 1.92. The van der Waals surface area contributed by atoms with Crippen LogP contribution in [0.1, 0.15) is 52.8 Å². The fraction of sp³-hybridized carbons (Fsp3) is 0.429. The number of nitrogens with one attached hydrogen (secondary N) is 1. The van der Waals surface area contributed by atoms with Gasteiger partial charge in [0, 0.05) is 29.0 Å². The van der Waals surface area contributed by atoms with E-state index in [1.807, 2.05) is 0 Å². The molecule has 1 aliphatic rings. The van der Waals surface area contributed by atoms with Crippen molar-refractivity contribution in [2.45, 2.75) is 44.8 Å². The van der Waals surface area contributed by atoms with Crippen LogP contribution >= 0.6 is 22.7 Å². The summed E-state index contributed by atoms with van der Waals surface area (Å²) < 4.78 is 50.0.